The molecule has 1 aromatic heterocycles. The van der Waals surface area contributed by atoms with Gasteiger partial charge in [-0.2, -0.15) is 0 Å². The average molecular weight is 281 g/mol. The van der Waals surface area contributed by atoms with Crippen molar-refractivity contribution in [1.82, 2.24) is 10.3 Å². The van der Waals surface area contributed by atoms with Gasteiger partial charge in [-0.15, -0.1) is 0 Å². The van der Waals surface area contributed by atoms with E-state index in [1.165, 1.54) is 12.3 Å². The summed E-state index contributed by atoms with van der Waals surface area (Å²) in [5.41, 5.74) is 6.80. The van der Waals surface area contributed by atoms with Crippen LogP contribution in [0.5, 0.6) is 0 Å². The van der Waals surface area contributed by atoms with Gasteiger partial charge in [-0.3, -0.25) is 9.59 Å². The van der Waals surface area contributed by atoms with Gasteiger partial charge in [-0.05, 0) is 29.8 Å². The summed E-state index contributed by atoms with van der Waals surface area (Å²) in [7, 11) is 0. The first kappa shape index (κ1) is 14.6. The highest BCUT2D eigenvalue weighted by molar-refractivity contribution is 5.93. The van der Waals surface area contributed by atoms with E-state index in [4.69, 9.17) is 5.73 Å². The van der Waals surface area contributed by atoms with Crippen LogP contribution in [0.1, 0.15) is 21.5 Å². The fraction of sp³-hybridized carbons (Fsp3) is 0.125. The van der Waals surface area contributed by atoms with Crippen molar-refractivity contribution >= 4 is 5.91 Å². The van der Waals surface area contributed by atoms with E-state index in [0.29, 0.717) is 13.1 Å². The molecule has 0 bridgehead atoms. The number of nitrogens with two attached hydrogens (primary N) is 1. The third-order valence-electron chi connectivity index (χ3n) is 2.80. The molecule has 5 nitrogen and oxygen atoms in total. The van der Waals surface area contributed by atoms with Crippen molar-refractivity contribution in [3.05, 3.63) is 69.6 Å². The van der Waals surface area contributed by atoms with Crippen molar-refractivity contribution in [2.24, 2.45) is 5.73 Å². The van der Waals surface area contributed by atoms with Crippen LogP contribution >= 0.6 is 0 Å². The van der Waals surface area contributed by atoms with Crippen molar-refractivity contribution in [2.45, 2.75) is 6.54 Å². The number of hydrogen-bond donors (Lipinski definition) is 3. The minimum absolute atomic E-state index is 0.0999. The molecule has 0 fully saturated rings. The highest BCUT2D eigenvalue weighted by Gasteiger charge is 2.08. The van der Waals surface area contributed by atoms with Crippen molar-refractivity contribution < 1.29 is 4.79 Å². The first-order valence-electron chi connectivity index (χ1n) is 6.44. The van der Waals surface area contributed by atoms with E-state index < -0.39 is 11.5 Å². The van der Waals surface area contributed by atoms with E-state index >= 15 is 0 Å². The molecule has 2 rings (SSSR count). The summed E-state index contributed by atoms with van der Waals surface area (Å²) in [4.78, 5) is 25.8. The number of nitrogens with one attached hydrogen (secondary N) is 2. The highest BCUT2D eigenvalue weighted by Crippen LogP contribution is 2.03. The van der Waals surface area contributed by atoms with E-state index in [1.54, 1.807) is 6.07 Å². The highest BCUT2D eigenvalue weighted by atomic mass is 16.2. The number of pyridine rings is 1. The minimum atomic E-state index is -0.401. The maximum Gasteiger partial charge on any atom is 0.260 e. The lowest BCUT2D eigenvalue weighted by Crippen LogP contribution is -2.28. The Kier molecular flexibility index (Phi) is 4.91. The van der Waals surface area contributed by atoms with Gasteiger partial charge in [-0.25, -0.2) is 0 Å². The molecular weight excluding hydrogens is 266 g/mol. The summed E-state index contributed by atoms with van der Waals surface area (Å²) in [5, 5.41) is 2.70. The minimum Gasteiger partial charge on any atom is -0.348 e. The van der Waals surface area contributed by atoms with Gasteiger partial charge in [0.05, 0.1) is 6.54 Å². The van der Waals surface area contributed by atoms with Gasteiger partial charge in [0.25, 0.3) is 11.5 Å². The van der Waals surface area contributed by atoms with Crippen LogP contribution in [0.15, 0.2) is 47.4 Å². The lowest BCUT2D eigenvalue weighted by molar-refractivity contribution is 0.0949. The summed E-state index contributed by atoms with van der Waals surface area (Å²) in [6, 6.07) is 10.6. The molecule has 0 spiro atoms. The maximum absolute atomic E-state index is 11.9. The molecule has 106 valence electrons. The summed E-state index contributed by atoms with van der Waals surface area (Å²) in [6.07, 6.45) is 1.49. The summed E-state index contributed by atoms with van der Waals surface area (Å²) >= 11 is 0. The molecule has 0 unspecified atom stereocenters. The zero-order valence-electron chi connectivity index (χ0n) is 11.3. The molecular formula is C16H15N3O2. The molecule has 2 aromatic rings. The molecule has 4 N–H and O–H groups in total. The van der Waals surface area contributed by atoms with E-state index in [-0.39, 0.29) is 5.56 Å². The standard InChI is InChI=1S/C16H15N3O2/c17-9-1-3-12-5-7-13(8-6-12)11-19-16(21)14-4-2-10-18-15(14)20/h2,4-8,10H,9,11,17H2,(H,18,20)(H,19,21). The van der Waals surface area contributed by atoms with Crippen molar-refractivity contribution in [3.8, 4) is 11.8 Å². The van der Waals surface area contributed by atoms with Crippen molar-refractivity contribution in [3.63, 3.8) is 0 Å². The number of hydrogen-bond acceptors (Lipinski definition) is 3. The first-order chi connectivity index (χ1) is 10.2. The molecule has 0 saturated carbocycles. The number of aromatic amines is 1. The number of carbonyl (C=O) groups is 1. The van der Waals surface area contributed by atoms with Gasteiger partial charge in [0.15, 0.2) is 0 Å². The van der Waals surface area contributed by atoms with Gasteiger partial charge >= 0.3 is 0 Å². The average Bonchev–Trinajstić information content (AvgIpc) is 2.52. The molecule has 1 heterocycles. The Morgan fingerprint density at radius 3 is 2.67 bits per heavy atom. The summed E-state index contributed by atoms with van der Waals surface area (Å²) < 4.78 is 0. The molecule has 5 heteroatoms. The molecule has 0 saturated heterocycles. The monoisotopic (exact) mass is 281 g/mol. The fourth-order valence-corrected chi connectivity index (χ4v) is 1.74. The number of H-pyrrole nitrogens is 1. The SMILES string of the molecule is NCC#Cc1ccc(CNC(=O)c2ccc[nH]c2=O)cc1. The Labute approximate surface area is 122 Å². The Morgan fingerprint density at radius 2 is 2.00 bits per heavy atom. The molecule has 21 heavy (non-hydrogen) atoms. The Bertz CT molecular complexity index is 736. The molecule has 1 amide bonds. The molecule has 0 aliphatic carbocycles. The third-order valence-corrected chi connectivity index (χ3v) is 2.80. The predicted octanol–water partition coefficient (Wildman–Crippen LogP) is 0.615. The molecule has 1 aromatic carbocycles. The van der Waals surface area contributed by atoms with Crippen LogP contribution in [0.4, 0.5) is 0 Å². The van der Waals surface area contributed by atoms with Gasteiger partial charge in [0.1, 0.15) is 5.56 Å². The number of aromatic nitrogens is 1. The maximum atomic E-state index is 11.9. The molecule has 0 aliphatic rings. The second-order valence-electron chi connectivity index (χ2n) is 4.30. The van der Waals surface area contributed by atoms with Crippen LogP contribution in [0.2, 0.25) is 0 Å². The molecule has 0 radical (unpaired) electrons. The van der Waals surface area contributed by atoms with Crippen molar-refractivity contribution in [2.75, 3.05) is 6.54 Å². The van der Waals surface area contributed by atoms with Crippen LogP contribution in [-0.2, 0) is 6.54 Å². The van der Waals surface area contributed by atoms with Crippen LogP contribution in [0, 0.1) is 11.8 Å². The van der Waals surface area contributed by atoms with E-state index in [9.17, 15) is 9.59 Å². The van der Waals surface area contributed by atoms with E-state index in [0.717, 1.165) is 11.1 Å². The second-order valence-corrected chi connectivity index (χ2v) is 4.30. The quantitative estimate of drug-likeness (QED) is 0.720. The number of benzene rings is 1. The fourth-order valence-electron chi connectivity index (χ4n) is 1.74. The van der Waals surface area contributed by atoms with E-state index in [1.807, 2.05) is 24.3 Å². The lowest BCUT2D eigenvalue weighted by Gasteiger charge is -2.05. The topological polar surface area (TPSA) is 88.0 Å². The summed E-state index contributed by atoms with van der Waals surface area (Å²) in [6.45, 7) is 0.668. The van der Waals surface area contributed by atoms with Crippen LogP contribution in [0.3, 0.4) is 0 Å². The van der Waals surface area contributed by atoms with Crippen LogP contribution in [0.25, 0.3) is 0 Å². The Balaban J connectivity index is 1.99. The van der Waals surface area contributed by atoms with E-state index in [2.05, 4.69) is 22.1 Å². The smallest absolute Gasteiger partial charge is 0.260 e. The van der Waals surface area contributed by atoms with Crippen LogP contribution in [-0.4, -0.2) is 17.4 Å². The predicted molar refractivity (Wildman–Crippen MR) is 80.6 cm³/mol. The summed E-state index contributed by atoms with van der Waals surface area (Å²) in [5.74, 6) is 5.29. The first-order valence-corrected chi connectivity index (χ1v) is 6.44. The van der Waals surface area contributed by atoms with Gasteiger partial charge in [0, 0.05) is 18.3 Å². The van der Waals surface area contributed by atoms with Crippen molar-refractivity contribution in [1.29, 1.82) is 0 Å². The number of carbonyl (C=O) groups excluding carboxylic acids is 1. The number of amides is 1. The van der Waals surface area contributed by atoms with Gasteiger partial charge in [0.2, 0.25) is 0 Å². The largest absolute Gasteiger partial charge is 0.348 e. The lowest BCUT2D eigenvalue weighted by atomic mass is 10.1. The Morgan fingerprint density at radius 1 is 1.24 bits per heavy atom. The van der Waals surface area contributed by atoms with Gasteiger partial charge < -0.3 is 16.0 Å². The zero-order chi connectivity index (χ0) is 15.1. The number of rotatable bonds is 3. The van der Waals surface area contributed by atoms with Gasteiger partial charge in [-0.1, -0.05) is 24.0 Å². The zero-order valence-corrected chi connectivity index (χ0v) is 11.3. The Hall–Kier alpha value is -2.84. The third kappa shape index (κ3) is 4.06. The normalized spacial score (nSPS) is 9.57. The van der Waals surface area contributed by atoms with Crippen LogP contribution < -0.4 is 16.6 Å². The second kappa shape index (κ2) is 7.08. The molecule has 0 aliphatic heterocycles. The molecule has 0 atom stereocenters.